The minimum Gasteiger partial charge on any atom is -0.497 e. The molecule has 1 heterocycles. The summed E-state index contributed by atoms with van der Waals surface area (Å²) in [5.41, 5.74) is 9.81. The Morgan fingerprint density at radius 3 is 2.57 bits per heavy atom. The van der Waals surface area contributed by atoms with Crippen LogP contribution < -0.4 is 10.5 Å². The number of benzene rings is 2. The second-order valence-corrected chi connectivity index (χ2v) is 4.87. The van der Waals surface area contributed by atoms with Crippen LogP contribution in [0.5, 0.6) is 5.75 Å². The molecular formula is C17H16N2O2. The van der Waals surface area contributed by atoms with Crippen molar-refractivity contribution in [3.63, 3.8) is 0 Å². The van der Waals surface area contributed by atoms with Crippen LogP contribution in [-0.2, 0) is 0 Å². The zero-order valence-electron chi connectivity index (χ0n) is 12.0. The van der Waals surface area contributed by atoms with E-state index < -0.39 is 0 Å². The summed E-state index contributed by atoms with van der Waals surface area (Å²) in [4.78, 5) is 0. The van der Waals surface area contributed by atoms with Crippen molar-refractivity contribution in [3.05, 3.63) is 54.1 Å². The number of rotatable bonds is 3. The Bertz CT molecular complexity index is 778. The normalized spacial score (nSPS) is 10.6. The van der Waals surface area contributed by atoms with E-state index in [1.165, 1.54) is 0 Å². The van der Waals surface area contributed by atoms with E-state index in [0.717, 1.165) is 28.0 Å². The summed E-state index contributed by atoms with van der Waals surface area (Å²) in [6.07, 6.45) is 0. The Kier molecular flexibility index (Phi) is 3.36. The lowest BCUT2D eigenvalue weighted by Gasteiger charge is -2.06. The highest BCUT2D eigenvalue weighted by Gasteiger charge is 2.18. The van der Waals surface area contributed by atoms with E-state index >= 15 is 0 Å². The Hall–Kier alpha value is -2.75. The summed E-state index contributed by atoms with van der Waals surface area (Å²) >= 11 is 0. The van der Waals surface area contributed by atoms with Crippen LogP contribution in [0, 0.1) is 6.92 Å². The van der Waals surface area contributed by atoms with Gasteiger partial charge < -0.3 is 15.0 Å². The highest BCUT2D eigenvalue weighted by Crippen LogP contribution is 2.37. The highest BCUT2D eigenvalue weighted by molar-refractivity contribution is 5.87. The lowest BCUT2D eigenvalue weighted by molar-refractivity contribution is 0.415. The topological polar surface area (TPSA) is 61.3 Å². The third-order valence-corrected chi connectivity index (χ3v) is 3.36. The molecule has 0 aliphatic rings. The molecule has 2 N–H and O–H groups in total. The molecule has 106 valence electrons. The van der Waals surface area contributed by atoms with Crippen molar-refractivity contribution in [2.75, 3.05) is 12.8 Å². The minimum atomic E-state index is 0.375. The van der Waals surface area contributed by atoms with E-state index in [2.05, 4.69) is 5.16 Å². The van der Waals surface area contributed by atoms with Crippen LogP contribution in [0.15, 0.2) is 53.1 Å². The summed E-state index contributed by atoms with van der Waals surface area (Å²) in [5.74, 6) is 1.81. The number of ether oxygens (including phenoxy) is 1. The molecule has 21 heavy (non-hydrogen) atoms. The number of nitrogen functional groups attached to an aromatic ring is 1. The number of nitrogens with two attached hydrogens (primary N) is 1. The van der Waals surface area contributed by atoms with Gasteiger partial charge in [-0.15, -0.1) is 0 Å². The molecule has 3 aromatic rings. The van der Waals surface area contributed by atoms with Gasteiger partial charge in [0.2, 0.25) is 0 Å². The number of methoxy groups -OCH3 is 1. The summed E-state index contributed by atoms with van der Waals surface area (Å²) < 4.78 is 10.7. The predicted molar refractivity (Wildman–Crippen MR) is 83.1 cm³/mol. The standard InChI is InChI=1S/C17H16N2O2/c1-11-5-3-7-13(9-11)16-15(17(18)19-21-16)12-6-4-8-14(10-12)20-2/h3-10H,1-2H3,(H2,18,19). The first-order valence-corrected chi connectivity index (χ1v) is 6.65. The second-order valence-electron chi connectivity index (χ2n) is 4.87. The van der Waals surface area contributed by atoms with E-state index in [-0.39, 0.29) is 0 Å². The summed E-state index contributed by atoms with van der Waals surface area (Å²) in [7, 11) is 1.64. The summed E-state index contributed by atoms with van der Waals surface area (Å²) in [6.45, 7) is 2.04. The average molecular weight is 280 g/mol. The van der Waals surface area contributed by atoms with E-state index in [1.54, 1.807) is 7.11 Å². The van der Waals surface area contributed by atoms with Crippen LogP contribution in [0.1, 0.15) is 5.56 Å². The third-order valence-electron chi connectivity index (χ3n) is 3.36. The zero-order valence-corrected chi connectivity index (χ0v) is 12.0. The monoisotopic (exact) mass is 280 g/mol. The van der Waals surface area contributed by atoms with Crippen LogP contribution in [0.4, 0.5) is 5.82 Å². The van der Waals surface area contributed by atoms with Crippen LogP contribution in [0.2, 0.25) is 0 Å². The maximum Gasteiger partial charge on any atom is 0.176 e. The molecule has 0 aliphatic carbocycles. The van der Waals surface area contributed by atoms with Crippen molar-refractivity contribution < 1.29 is 9.26 Å². The molecule has 0 atom stereocenters. The molecular weight excluding hydrogens is 264 g/mol. The predicted octanol–water partition coefficient (Wildman–Crippen LogP) is 3.91. The average Bonchev–Trinajstić information content (AvgIpc) is 2.89. The van der Waals surface area contributed by atoms with Gasteiger partial charge in [-0.1, -0.05) is 41.1 Å². The molecule has 4 heteroatoms. The number of nitrogens with zero attached hydrogens (tertiary/aromatic N) is 1. The molecule has 0 bridgehead atoms. The molecule has 0 unspecified atom stereocenters. The van der Waals surface area contributed by atoms with Gasteiger partial charge in [0.15, 0.2) is 11.6 Å². The van der Waals surface area contributed by atoms with E-state index in [9.17, 15) is 0 Å². The Labute approximate surface area is 123 Å². The van der Waals surface area contributed by atoms with Crippen molar-refractivity contribution in [2.45, 2.75) is 6.92 Å². The first kappa shape index (κ1) is 13.2. The van der Waals surface area contributed by atoms with Gasteiger partial charge in [-0.25, -0.2) is 0 Å². The molecule has 0 saturated heterocycles. The molecule has 0 radical (unpaired) electrons. The molecule has 4 nitrogen and oxygen atoms in total. The van der Waals surface area contributed by atoms with Crippen molar-refractivity contribution in [3.8, 4) is 28.2 Å². The number of hydrogen-bond donors (Lipinski definition) is 1. The van der Waals surface area contributed by atoms with Gasteiger partial charge in [-0.05, 0) is 30.7 Å². The minimum absolute atomic E-state index is 0.375. The van der Waals surface area contributed by atoms with Gasteiger partial charge in [0.1, 0.15) is 5.75 Å². The number of aromatic nitrogens is 1. The van der Waals surface area contributed by atoms with Gasteiger partial charge in [0, 0.05) is 5.56 Å². The molecule has 1 aromatic heterocycles. The van der Waals surface area contributed by atoms with Gasteiger partial charge in [-0.2, -0.15) is 0 Å². The SMILES string of the molecule is COc1cccc(-c2c(N)noc2-c2cccc(C)c2)c1. The molecule has 0 saturated carbocycles. The molecule has 2 aromatic carbocycles. The molecule has 0 amide bonds. The van der Waals surface area contributed by atoms with Crippen LogP contribution >= 0.6 is 0 Å². The number of aryl methyl sites for hydroxylation is 1. The lowest BCUT2D eigenvalue weighted by Crippen LogP contribution is -1.90. The molecule has 3 rings (SSSR count). The Morgan fingerprint density at radius 2 is 1.81 bits per heavy atom. The van der Waals surface area contributed by atoms with Crippen molar-refractivity contribution in [1.29, 1.82) is 0 Å². The number of hydrogen-bond acceptors (Lipinski definition) is 4. The first-order valence-electron chi connectivity index (χ1n) is 6.65. The summed E-state index contributed by atoms with van der Waals surface area (Å²) in [5, 5.41) is 3.92. The molecule has 0 spiro atoms. The zero-order chi connectivity index (χ0) is 14.8. The van der Waals surface area contributed by atoms with Crippen LogP contribution in [0.25, 0.3) is 22.5 Å². The third kappa shape index (κ3) is 2.48. The van der Waals surface area contributed by atoms with E-state index in [4.69, 9.17) is 15.0 Å². The van der Waals surface area contributed by atoms with E-state index in [1.807, 2.05) is 55.5 Å². The van der Waals surface area contributed by atoms with Crippen molar-refractivity contribution >= 4 is 5.82 Å². The van der Waals surface area contributed by atoms with Crippen molar-refractivity contribution in [1.82, 2.24) is 5.16 Å². The van der Waals surface area contributed by atoms with Crippen LogP contribution in [-0.4, -0.2) is 12.3 Å². The lowest BCUT2D eigenvalue weighted by atomic mass is 10.0. The highest BCUT2D eigenvalue weighted by atomic mass is 16.5. The fourth-order valence-corrected chi connectivity index (χ4v) is 2.34. The molecule has 0 aliphatic heterocycles. The van der Waals surface area contributed by atoms with Gasteiger partial charge >= 0.3 is 0 Å². The largest absolute Gasteiger partial charge is 0.497 e. The quantitative estimate of drug-likeness (QED) is 0.790. The maximum absolute atomic E-state index is 5.99. The summed E-state index contributed by atoms with van der Waals surface area (Å²) in [6, 6.07) is 15.7. The van der Waals surface area contributed by atoms with Gasteiger partial charge in [0.05, 0.1) is 12.7 Å². The smallest absolute Gasteiger partial charge is 0.176 e. The Balaban J connectivity index is 2.17. The number of anilines is 1. The van der Waals surface area contributed by atoms with Gasteiger partial charge in [-0.3, -0.25) is 0 Å². The van der Waals surface area contributed by atoms with Gasteiger partial charge in [0.25, 0.3) is 0 Å². The Morgan fingerprint density at radius 1 is 1.05 bits per heavy atom. The van der Waals surface area contributed by atoms with Crippen molar-refractivity contribution in [2.24, 2.45) is 0 Å². The van der Waals surface area contributed by atoms with E-state index in [0.29, 0.717) is 11.6 Å². The second kappa shape index (κ2) is 5.32. The first-order chi connectivity index (χ1) is 10.2. The maximum atomic E-state index is 5.99. The molecule has 0 fully saturated rings. The fourth-order valence-electron chi connectivity index (χ4n) is 2.34. The van der Waals surface area contributed by atoms with Crippen LogP contribution in [0.3, 0.4) is 0 Å². The fraction of sp³-hybridized carbons (Fsp3) is 0.118.